The van der Waals surface area contributed by atoms with E-state index in [1.165, 1.54) is 17.8 Å². The topological polar surface area (TPSA) is 112 Å². The number of rotatable bonds is 7. The number of fused-ring (bicyclic) bond motifs is 1. The molecule has 0 bridgehead atoms. The molecule has 0 fully saturated rings. The summed E-state index contributed by atoms with van der Waals surface area (Å²) in [4.78, 5) is 40.2. The van der Waals surface area contributed by atoms with E-state index in [9.17, 15) is 14.4 Å². The number of methoxy groups -OCH3 is 1. The van der Waals surface area contributed by atoms with Crippen molar-refractivity contribution in [3.63, 3.8) is 0 Å². The molecular weight excluding hydrogens is 340 g/mol. The minimum Gasteiger partial charge on any atom is -0.467 e. The number of amides is 1. The van der Waals surface area contributed by atoms with E-state index in [-0.39, 0.29) is 11.5 Å². The summed E-state index contributed by atoms with van der Waals surface area (Å²) in [7, 11) is 1.25. The van der Waals surface area contributed by atoms with E-state index >= 15 is 0 Å². The minimum atomic E-state index is -0.786. The van der Waals surface area contributed by atoms with Gasteiger partial charge in [-0.3, -0.25) is 4.79 Å². The van der Waals surface area contributed by atoms with Gasteiger partial charge in [-0.15, -0.1) is 0 Å². The van der Waals surface area contributed by atoms with Crippen LogP contribution < -0.4 is 5.32 Å². The zero-order chi connectivity index (χ0) is 19.3. The van der Waals surface area contributed by atoms with Crippen molar-refractivity contribution < 1.29 is 23.9 Å². The number of nitrogens with zero attached hydrogens (tertiary/aromatic N) is 3. The summed E-state index contributed by atoms with van der Waals surface area (Å²) in [5.74, 6) is -1.66. The molecule has 0 aliphatic carbocycles. The van der Waals surface area contributed by atoms with E-state index in [0.29, 0.717) is 17.8 Å². The lowest BCUT2D eigenvalue weighted by Crippen LogP contribution is -2.44. The summed E-state index contributed by atoms with van der Waals surface area (Å²) in [6.45, 7) is 4.97. The number of hydrogen-bond acceptors (Lipinski definition) is 7. The molecule has 9 nitrogen and oxygen atoms in total. The summed E-state index contributed by atoms with van der Waals surface area (Å²) < 4.78 is 11.2. The molecule has 2 heterocycles. The molecule has 140 valence electrons. The first kappa shape index (κ1) is 19.4. The maximum Gasteiger partial charge on any atom is 0.344 e. The van der Waals surface area contributed by atoms with Gasteiger partial charge in [-0.1, -0.05) is 13.8 Å². The summed E-state index contributed by atoms with van der Waals surface area (Å²) in [5.41, 5.74) is 0.995. The van der Waals surface area contributed by atoms with Crippen molar-refractivity contribution in [2.24, 2.45) is 5.92 Å². The maximum atomic E-state index is 12.3. The Labute approximate surface area is 150 Å². The van der Waals surface area contributed by atoms with Crippen molar-refractivity contribution >= 4 is 23.5 Å². The van der Waals surface area contributed by atoms with E-state index in [1.54, 1.807) is 19.2 Å². The minimum absolute atomic E-state index is 0.175. The molecule has 2 rings (SSSR count). The van der Waals surface area contributed by atoms with Gasteiger partial charge in [0, 0.05) is 12.4 Å². The lowest BCUT2D eigenvalue weighted by Gasteiger charge is -2.18. The average Bonchev–Trinajstić information content (AvgIpc) is 2.93. The van der Waals surface area contributed by atoms with Gasteiger partial charge in [0.05, 0.1) is 12.8 Å². The highest BCUT2D eigenvalue weighted by molar-refractivity contribution is 5.98. The van der Waals surface area contributed by atoms with Crippen LogP contribution >= 0.6 is 0 Å². The Hall–Kier alpha value is -2.97. The Bertz CT molecular complexity index is 815. The summed E-state index contributed by atoms with van der Waals surface area (Å²) in [6, 6.07) is 0.899. The molecule has 2 aromatic rings. The molecule has 0 radical (unpaired) electrons. The second kappa shape index (κ2) is 8.41. The zero-order valence-corrected chi connectivity index (χ0v) is 15.2. The van der Waals surface area contributed by atoms with Gasteiger partial charge in [0.25, 0.3) is 5.91 Å². The van der Waals surface area contributed by atoms with Crippen molar-refractivity contribution in [1.29, 1.82) is 0 Å². The number of nitrogens with one attached hydrogen (secondary N) is 1. The van der Waals surface area contributed by atoms with Gasteiger partial charge < -0.3 is 14.8 Å². The largest absolute Gasteiger partial charge is 0.467 e. The number of ether oxygens (including phenoxy) is 2. The third-order valence-corrected chi connectivity index (χ3v) is 3.64. The molecule has 2 aromatic heterocycles. The van der Waals surface area contributed by atoms with Crippen LogP contribution in [-0.4, -0.2) is 52.2 Å². The van der Waals surface area contributed by atoms with Gasteiger partial charge >= 0.3 is 11.9 Å². The summed E-state index contributed by atoms with van der Waals surface area (Å²) in [5, 5.41) is 6.69. The number of aromatic nitrogens is 3. The Morgan fingerprint density at radius 2 is 2.04 bits per heavy atom. The van der Waals surface area contributed by atoms with Crippen LogP contribution in [-0.2, 0) is 19.1 Å². The fourth-order valence-electron chi connectivity index (χ4n) is 2.50. The second-order valence-corrected chi connectivity index (χ2v) is 6.20. The Kier molecular flexibility index (Phi) is 6.26. The van der Waals surface area contributed by atoms with Crippen molar-refractivity contribution in [3.05, 3.63) is 29.7 Å². The SMILES string of the molecule is COC(=O)C(CC(C)C)NC(=O)COC(=O)c1c(C)nn2cccnc12. The highest BCUT2D eigenvalue weighted by Gasteiger charge is 2.24. The molecule has 0 saturated heterocycles. The lowest BCUT2D eigenvalue weighted by atomic mass is 10.0. The van der Waals surface area contributed by atoms with Gasteiger partial charge in [0.2, 0.25) is 0 Å². The fraction of sp³-hybridized carbons (Fsp3) is 0.471. The molecule has 9 heteroatoms. The molecule has 0 aliphatic heterocycles. The smallest absolute Gasteiger partial charge is 0.344 e. The van der Waals surface area contributed by atoms with Gasteiger partial charge in [-0.25, -0.2) is 19.1 Å². The molecule has 0 spiro atoms. The quantitative estimate of drug-likeness (QED) is 0.728. The second-order valence-electron chi connectivity index (χ2n) is 6.20. The highest BCUT2D eigenvalue weighted by atomic mass is 16.5. The van der Waals surface area contributed by atoms with Crippen molar-refractivity contribution in [1.82, 2.24) is 19.9 Å². The first-order valence-corrected chi connectivity index (χ1v) is 8.17. The monoisotopic (exact) mass is 362 g/mol. The molecule has 0 saturated carbocycles. The first-order chi connectivity index (χ1) is 12.3. The van der Waals surface area contributed by atoms with Crippen LogP contribution in [0, 0.1) is 12.8 Å². The third-order valence-electron chi connectivity index (χ3n) is 3.64. The molecule has 0 aromatic carbocycles. The molecule has 0 aliphatic rings. The van der Waals surface area contributed by atoms with Crippen LogP contribution in [0.5, 0.6) is 0 Å². The predicted octanol–water partition coefficient (Wildman–Crippen LogP) is 0.898. The molecular formula is C17H22N4O5. The van der Waals surface area contributed by atoms with Crippen molar-refractivity contribution in [3.8, 4) is 0 Å². The van der Waals surface area contributed by atoms with Crippen LogP contribution in [0.3, 0.4) is 0 Å². The van der Waals surface area contributed by atoms with Crippen molar-refractivity contribution in [2.75, 3.05) is 13.7 Å². The number of hydrogen-bond donors (Lipinski definition) is 1. The molecule has 1 atom stereocenters. The van der Waals surface area contributed by atoms with Crippen LogP contribution in [0.25, 0.3) is 5.65 Å². The van der Waals surface area contributed by atoms with E-state index in [0.717, 1.165) is 0 Å². The molecule has 1 amide bonds. The number of carbonyl (C=O) groups is 3. The normalized spacial score (nSPS) is 12.0. The highest BCUT2D eigenvalue weighted by Crippen LogP contribution is 2.14. The zero-order valence-electron chi connectivity index (χ0n) is 15.2. The number of carbonyl (C=O) groups excluding carboxylic acids is 3. The van der Waals surface area contributed by atoms with Crippen LogP contribution in [0.2, 0.25) is 0 Å². The van der Waals surface area contributed by atoms with Gasteiger partial charge in [-0.2, -0.15) is 5.10 Å². The number of esters is 2. The average molecular weight is 362 g/mol. The molecule has 1 N–H and O–H groups in total. The van der Waals surface area contributed by atoms with E-state index in [4.69, 9.17) is 4.74 Å². The number of aryl methyl sites for hydroxylation is 1. The van der Waals surface area contributed by atoms with Gasteiger partial charge in [0.15, 0.2) is 12.3 Å². The summed E-state index contributed by atoms with van der Waals surface area (Å²) in [6.07, 6.45) is 3.61. The lowest BCUT2D eigenvalue weighted by molar-refractivity contribution is -0.145. The Balaban J connectivity index is 2.00. The van der Waals surface area contributed by atoms with Crippen LogP contribution in [0.1, 0.15) is 36.3 Å². The Morgan fingerprint density at radius 1 is 1.31 bits per heavy atom. The summed E-state index contributed by atoms with van der Waals surface area (Å²) >= 11 is 0. The maximum absolute atomic E-state index is 12.3. The Morgan fingerprint density at radius 3 is 2.69 bits per heavy atom. The van der Waals surface area contributed by atoms with Crippen LogP contribution in [0.15, 0.2) is 18.5 Å². The predicted molar refractivity (Wildman–Crippen MR) is 91.4 cm³/mol. The fourth-order valence-corrected chi connectivity index (χ4v) is 2.50. The van der Waals surface area contributed by atoms with Crippen LogP contribution in [0.4, 0.5) is 0 Å². The molecule has 1 unspecified atom stereocenters. The standard InChI is InChI=1S/C17H22N4O5/c1-10(2)8-12(16(23)25-4)19-13(22)9-26-17(24)14-11(3)20-21-7-5-6-18-15(14)21/h5-7,10,12H,8-9H2,1-4H3,(H,19,22). The van der Waals surface area contributed by atoms with E-state index in [1.807, 2.05) is 13.8 Å². The van der Waals surface area contributed by atoms with E-state index < -0.39 is 30.5 Å². The van der Waals surface area contributed by atoms with E-state index in [2.05, 4.69) is 20.1 Å². The molecule has 26 heavy (non-hydrogen) atoms. The first-order valence-electron chi connectivity index (χ1n) is 8.17. The van der Waals surface area contributed by atoms with Gasteiger partial charge in [-0.05, 0) is 25.3 Å². The van der Waals surface area contributed by atoms with Crippen molar-refractivity contribution in [2.45, 2.75) is 33.2 Å². The third kappa shape index (κ3) is 4.56. The van der Waals surface area contributed by atoms with Gasteiger partial charge in [0.1, 0.15) is 11.6 Å².